The molecule has 0 bridgehead atoms. The number of aryl methyl sites for hydroxylation is 1. The molecule has 1 aliphatic heterocycles. The van der Waals surface area contributed by atoms with Gasteiger partial charge in [0.1, 0.15) is 5.75 Å². The average Bonchev–Trinajstić information content (AvgIpc) is 3.12. The van der Waals surface area contributed by atoms with E-state index in [1.807, 2.05) is 67.6 Å². The number of thioether (sulfide) groups is 1. The smallest absolute Gasteiger partial charge is 0.344 e. The second-order valence-electron chi connectivity index (χ2n) is 8.18. The van der Waals surface area contributed by atoms with Gasteiger partial charge in [-0.25, -0.2) is 4.79 Å². The van der Waals surface area contributed by atoms with E-state index in [-0.39, 0.29) is 17.7 Å². The van der Waals surface area contributed by atoms with Crippen molar-refractivity contribution in [1.29, 1.82) is 0 Å². The first-order chi connectivity index (χ1) is 17.0. The van der Waals surface area contributed by atoms with Crippen molar-refractivity contribution < 1.29 is 19.1 Å². The molecule has 0 unspecified atom stereocenters. The van der Waals surface area contributed by atoms with E-state index in [0.29, 0.717) is 21.8 Å². The molecule has 35 heavy (non-hydrogen) atoms. The summed E-state index contributed by atoms with van der Waals surface area (Å²) >= 11 is 0.911. The van der Waals surface area contributed by atoms with Crippen molar-refractivity contribution in [2.45, 2.75) is 13.5 Å². The number of ether oxygens (including phenoxy) is 1. The number of carbonyl (C=O) groups excluding carboxylic acids is 3. The molecule has 1 aliphatic rings. The van der Waals surface area contributed by atoms with Gasteiger partial charge < -0.3 is 4.74 Å². The third-order valence-electron chi connectivity index (χ3n) is 5.84. The highest BCUT2D eigenvalue weighted by atomic mass is 32.2. The standard InChI is InChI=1S/C29H21NO4S/c1-19-8-2-3-11-22(19)18-30-27(31)26(35-29(30)33)17-20-9-6-13-23(16-20)34-28(32)25-15-7-12-21-10-4-5-14-24(21)25/h2-17H,18H2,1H3/b26-17-. The zero-order valence-electron chi connectivity index (χ0n) is 18.9. The maximum absolute atomic E-state index is 12.9. The molecule has 1 fully saturated rings. The van der Waals surface area contributed by atoms with Crippen LogP contribution in [0.3, 0.4) is 0 Å². The highest BCUT2D eigenvalue weighted by Crippen LogP contribution is 2.34. The number of hydrogen-bond donors (Lipinski definition) is 0. The minimum atomic E-state index is -0.461. The second-order valence-corrected chi connectivity index (χ2v) is 9.18. The van der Waals surface area contributed by atoms with Crippen LogP contribution in [0.5, 0.6) is 5.75 Å². The van der Waals surface area contributed by atoms with Crippen LogP contribution in [0, 0.1) is 6.92 Å². The van der Waals surface area contributed by atoms with Gasteiger partial charge in [0.2, 0.25) is 0 Å². The van der Waals surface area contributed by atoms with Gasteiger partial charge in [-0.2, -0.15) is 0 Å². The maximum atomic E-state index is 12.9. The molecule has 1 saturated heterocycles. The van der Waals surface area contributed by atoms with E-state index in [2.05, 4.69) is 0 Å². The number of carbonyl (C=O) groups is 3. The van der Waals surface area contributed by atoms with Gasteiger partial charge in [-0.15, -0.1) is 0 Å². The van der Waals surface area contributed by atoms with Crippen LogP contribution in [-0.2, 0) is 11.3 Å². The van der Waals surface area contributed by atoms with Gasteiger partial charge in [-0.05, 0) is 70.4 Å². The van der Waals surface area contributed by atoms with Crippen LogP contribution in [0.1, 0.15) is 27.0 Å². The molecule has 0 aliphatic carbocycles. The summed E-state index contributed by atoms with van der Waals surface area (Å²) in [6.07, 6.45) is 1.65. The molecule has 4 aromatic carbocycles. The lowest BCUT2D eigenvalue weighted by Crippen LogP contribution is -2.27. The Morgan fingerprint density at radius 3 is 2.51 bits per heavy atom. The Bertz CT molecular complexity index is 1500. The van der Waals surface area contributed by atoms with Gasteiger partial charge in [0.25, 0.3) is 11.1 Å². The van der Waals surface area contributed by atoms with Gasteiger partial charge >= 0.3 is 5.97 Å². The summed E-state index contributed by atoms with van der Waals surface area (Å²) in [7, 11) is 0. The summed E-state index contributed by atoms with van der Waals surface area (Å²) in [5.74, 6) is -0.435. The molecule has 2 amide bonds. The molecular weight excluding hydrogens is 458 g/mol. The Balaban J connectivity index is 1.35. The number of benzene rings is 4. The summed E-state index contributed by atoms with van der Waals surface area (Å²) in [5.41, 5.74) is 3.09. The van der Waals surface area contributed by atoms with E-state index < -0.39 is 5.97 Å². The van der Waals surface area contributed by atoms with Crippen LogP contribution in [0.25, 0.3) is 16.8 Å². The fraction of sp³-hybridized carbons (Fsp3) is 0.0690. The lowest BCUT2D eigenvalue weighted by Gasteiger charge is -2.14. The predicted octanol–water partition coefficient (Wildman–Crippen LogP) is 6.60. The van der Waals surface area contributed by atoms with Crippen LogP contribution in [0.4, 0.5) is 4.79 Å². The zero-order valence-corrected chi connectivity index (χ0v) is 19.7. The first kappa shape index (κ1) is 22.6. The number of imide groups is 1. The number of fused-ring (bicyclic) bond motifs is 1. The first-order valence-corrected chi connectivity index (χ1v) is 11.9. The van der Waals surface area contributed by atoms with Crippen molar-refractivity contribution >= 4 is 45.7 Å². The van der Waals surface area contributed by atoms with Gasteiger partial charge in [0.15, 0.2) is 0 Å². The highest BCUT2D eigenvalue weighted by molar-refractivity contribution is 8.18. The van der Waals surface area contributed by atoms with Crippen LogP contribution in [0.2, 0.25) is 0 Å². The molecule has 4 aromatic rings. The summed E-state index contributed by atoms with van der Waals surface area (Å²) in [6.45, 7) is 2.19. The zero-order chi connectivity index (χ0) is 24.4. The molecule has 0 aromatic heterocycles. The fourth-order valence-electron chi connectivity index (χ4n) is 3.98. The molecule has 5 rings (SSSR count). The lowest BCUT2D eigenvalue weighted by atomic mass is 10.0. The molecule has 0 radical (unpaired) electrons. The number of esters is 1. The van der Waals surface area contributed by atoms with E-state index in [1.54, 1.807) is 36.4 Å². The number of amides is 2. The Morgan fingerprint density at radius 1 is 0.914 bits per heavy atom. The molecule has 0 spiro atoms. The topological polar surface area (TPSA) is 63.7 Å². The average molecular weight is 480 g/mol. The van der Waals surface area contributed by atoms with Crippen molar-refractivity contribution in [2.24, 2.45) is 0 Å². The molecule has 0 N–H and O–H groups in total. The van der Waals surface area contributed by atoms with Crippen LogP contribution in [0.15, 0.2) is 95.9 Å². The molecule has 1 heterocycles. The molecular formula is C29H21NO4S. The summed E-state index contributed by atoms with van der Waals surface area (Å²) in [4.78, 5) is 39.9. The quantitative estimate of drug-likeness (QED) is 0.183. The van der Waals surface area contributed by atoms with Gasteiger partial charge in [0.05, 0.1) is 17.0 Å². The molecule has 6 heteroatoms. The van der Waals surface area contributed by atoms with Crippen molar-refractivity contribution in [3.63, 3.8) is 0 Å². The predicted molar refractivity (Wildman–Crippen MR) is 138 cm³/mol. The molecule has 172 valence electrons. The summed E-state index contributed by atoms with van der Waals surface area (Å²) in [5, 5.41) is 1.47. The van der Waals surface area contributed by atoms with Gasteiger partial charge in [-0.1, -0.05) is 72.8 Å². The lowest BCUT2D eigenvalue weighted by molar-refractivity contribution is -0.123. The Morgan fingerprint density at radius 2 is 1.66 bits per heavy atom. The Kier molecular flexibility index (Phi) is 6.21. The van der Waals surface area contributed by atoms with Crippen LogP contribution < -0.4 is 4.74 Å². The minimum absolute atomic E-state index is 0.233. The Hall–Kier alpha value is -4.16. The third-order valence-corrected chi connectivity index (χ3v) is 6.75. The van der Waals surface area contributed by atoms with E-state index in [0.717, 1.165) is 33.7 Å². The number of rotatable bonds is 5. The van der Waals surface area contributed by atoms with E-state index in [1.165, 1.54) is 4.90 Å². The van der Waals surface area contributed by atoms with Crippen LogP contribution >= 0.6 is 11.8 Å². The third kappa shape index (κ3) is 4.74. The van der Waals surface area contributed by atoms with Crippen molar-refractivity contribution in [3.8, 4) is 5.75 Å². The van der Waals surface area contributed by atoms with E-state index in [4.69, 9.17) is 4.74 Å². The first-order valence-electron chi connectivity index (χ1n) is 11.1. The SMILES string of the molecule is Cc1ccccc1CN1C(=O)S/C(=C\c2cccc(OC(=O)c3cccc4ccccc34)c2)C1=O. The monoisotopic (exact) mass is 479 g/mol. The number of nitrogens with zero attached hydrogens (tertiary/aromatic N) is 1. The van der Waals surface area contributed by atoms with E-state index in [9.17, 15) is 14.4 Å². The minimum Gasteiger partial charge on any atom is -0.423 e. The highest BCUT2D eigenvalue weighted by Gasteiger charge is 2.35. The van der Waals surface area contributed by atoms with Gasteiger partial charge in [-0.3, -0.25) is 14.5 Å². The fourth-order valence-corrected chi connectivity index (χ4v) is 4.82. The molecule has 5 nitrogen and oxygen atoms in total. The Labute approximate surface area is 207 Å². The number of hydrogen-bond acceptors (Lipinski definition) is 5. The molecule has 0 atom stereocenters. The van der Waals surface area contributed by atoms with Crippen molar-refractivity contribution in [2.75, 3.05) is 0 Å². The summed E-state index contributed by atoms with van der Waals surface area (Å²) < 4.78 is 5.64. The van der Waals surface area contributed by atoms with Crippen molar-refractivity contribution in [1.82, 2.24) is 4.90 Å². The normalized spacial score (nSPS) is 14.7. The second kappa shape index (κ2) is 9.60. The molecule has 0 saturated carbocycles. The van der Waals surface area contributed by atoms with E-state index >= 15 is 0 Å². The van der Waals surface area contributed by atoms with Crippen molar-refractivity contribution in [3.05, 3.63) is 118 Å². The maximum Gasteiger partial charge on any atom is 0.344 e. The van der Waals surface area contributed by atoms with Gasteiger partial charge in [0, 0.05) is 0 Å². The summed E-state index contributed by atoms with van der Waals surface area (Å²) in [6, 6.07) is 27.7. The largest absolute Gasteiger partial charge is 0.423 e. The van der Waals surface area contributed by atoms with Crippen LogP contribution in [-0.4, -0.2) is 22.0 Å².